The standard InChI is InChI=1S/C14H25N3O2/c15-12-6-3-4-10(12)8-14(19)17-7-2-1-5-11(17)9-13(16)18/h10-12H,1-9,15H2,(H2,16,18)/t10-,11?,12+/m0/s1. The Morgan fingerprint density at radius 1 is 1.05 bits per heavy atom. The summed E-state index contributed by atoms with van der Waals surface area (Å²) in [6.45, 7) is 0.763. The second-order valence-corrected chi connectivity index (χ2v) is 5.97. The highest BCUT2D eigenvalue weighted by Gasteiger charge is 2.32. The summed E-state index contributed by atoms with van der Waals surface area (Å²) in [4.78, 5) is 25.4. The topological polar surface area (TPSA) is 89.4 Å². The Hall–Kier alpha value is -1.10. The van der Waals surface area contributed by atoms with Crippen LogP contribution in [-0.2, 0) is 9.59 Å². The van der Waals surface area contributed by atoms with Gasteiger partial charge in [0.25, 0.3) is 0 Å². The summed E-state index contributed by atoms with van der Waals surface area (Å²) >= 11 is 0. The van der Waals surface area contributed by atoms with Crippen LogP contribution in [0.3, 0.4) is 0 Å². The van der Waals surface area contributed by atoms with E-state index in [0.29, 0.717) is 18.8 Å². The second-order valence-electron chi connectivity index (χ2n) is 5.97. The molecule has 1 aliphatic heterocycles. The second kappa shape index (κ2) is 6.37. The van der Waals surface area contributed by atoms with Crippen molar-refractivity contribution in [2.45, 2.75) is 63.5 Å². The first-order valence-corrected chi connectivity index (χ1v) is 7.41. The molecule has 0 aromatic heterocycles. The van der Waals surface area contributed by atoms with E-state index in [9.17, 15) is 9.59 Å². The van der Waals surface area contributed by atoms with Gasteiger partial charge in [-0.15, -0.1) is 0 Å². The fourth-order valence-corrected chi connectivity index (χ4v) is 3.43. The minimum atomic E-state index is -0.317. The molecule has 0 aromatic carbocycles. The van der Waals surface area contributed by atoms with E-state index in [-0.39, 0.29) is 23.9 Å². The van der Waals surface area contributed by atoms with Crippen molar-refractivity contribution in [3.63, 3.8) is 0 Å². The number of hydrogen-bond acceptors (Lipinski definition) is 3. The maximum Gasteiger partial charge on any atom is 0.223 e. The van der Waals surface area contributed by atoms with Crippen molar-refractivity contribution in [1.82, 2.24) is 4.90 Å². The fourth-order valence-electron chi connectivity index (χ4n) is 3.43. The van der Waals surface area contributed by atoms with E-state index < -0.39 is 0 Å². The van der Waals surface area contributed by atoms with Crippen molar-refractivity contribution in [2.24, 2.45) is 17.4 Å². The molecule has 1 saturated carbocycles. The minimum absolute atomic E-state index is 0.0105. The molecule has 5 heteroatoms. The Morgan fingerprint density at radius 2 is 1.84 bits per heavy atom. The predicted octanol–water partition coefficient (Wildman–Crippen LogP) is 0.760. The van der Waals surface area contributed by atoms with E-state index in [0.717, 1.165) is 45.1 Å². The number of hydrogen-bond donors (Lipinski definition) is 2. The van der Waals surface area contributed by atoms with Crippen molar-refractivity contribution in [3.05, 3.63) is 0 Å². The average Bonchev–Trinajstić information content (AvgIpc) is 2.75. The van der Waals surface area contributed by atoms with E-state index in [1.807, 2.05) is 4.90 Å². The molecule has 0 radical (unpaired) electrons. The monoisotopic (exact) mass is 267 g/mol. The molecule has 19 heavy (non-hydrogen) atoms. The van der Waals surface area contributed by atoms with Gasteiger partial charge in [0, 0.05) is 31.5 Å². The van der Waals surface area contributed by atoms with E-state index in [1.54, 1.807) is 0 Å². The van der Waals surface area contributed by atoms with Gasteiger partial charge in [-0.05, 0) is 38.0 Å². The van der Waals surface area contributed by atoms with Crippen LogP contribution < -0.4 is 11.5 Å². The smallest absolute Gasteiger partial charge is 0.223 e. The molecule has 4 N–H and O–H groups in total. The highest BCUT2D eigenvalue weighted by molar-refractivity contribution is 5.79. The van der Waals surface area contributed by atoms with Gasteiger partial charge in [0.15, 0.2) is 0 Å². The third kappa shape index (κ3) is 3.69. The molecular formula is C14H25N3O2. The number of nitrogens with zero attached hydrogens (tertiary/aromatic N) is 1. The molecule has 108 valence electrons. The third-order valence-electron chi connectivity index (χ3n) is 4.54. The number of carbonyl (C=O) groups excluding carboxylic acids is 2. The van der Waals surface area contributed by atoms with Gasteiger partial charge in [0.2, 0.25) is 11.8 Å². The summed E-state index contributed by atoms with van der Waals surface area (Å²) in [6.07, 6.45) is 7.04. The zero-order chi connectivity index (χ0) is 13.8. The molecule has 2 rings (SSSR count). The lowest BCUT2D eigenvalue weighted by Crippen LogP contribution is -2.46. The van der Waals surface area contributed by atoms with Crippen molar-refractivity contribution in [2.75, 3.05) is 6.54 Å². The van der Waals surface area contributed by atoms with E-state index in [4.69, 9.17) is 11.5 Å². The normalized spacial score (nSPS) is 31.4. The molecular weight excluding hydrogens is 242 g/mol. The van der Waals surface area contributed by atoms with Crippen LogP contribution >= 0.6 is 0 Å². The molecule has 5 nitrogen and oxygen atoms in total. The molecule has 3 atom stereocenters. The van der Waals surface area contributed by atoms with Crippen LogP contribution in [0.5, 0.6) is 0 Å². The Kier molecular flexibility index (Phi) is 4.80. The number of piperidine rings is 1. The molecule has 0 spiro atoms. The number of rotatable bonds is 4. The molecule has 2 fully saturated rings. The van der Waals surface area contributed by atoms with Crippen LogP contribution in [-0.4, -0.2) is 35.3 Å². The van der Waals surface area contributed by atoms with Gasteiger partial charge in [-0.3, -0.25) is 9.59 Å². The maximum atomic E-state index is 12.4. The first-order valence-electron chi connectivity index (χ1n) is 7.41. The first-order chi connectivity index (χ1) is 9.08. The molecule has 0 bridgehead atoms. The summed E-state index contributed by atoms with van der Waals surface area (Å²) in [5.74, 6) is 0.166. The minimum Gasteiger partial charge on any atom is -0.370 e. The van der Waals surface area contributed by atoms with Gasteiger partial charge < -0.3 is 16.4 Å². The van der Waals surface area contributed by atoms with Gasteiger partial charge in [-0.2, -0.15) is 0 Å². The van der Waals surface area contributed by atoms with Crippen molar-refractivity contribution in [3.8, 4) is 0 Å². The molecule has 0 aromatic rings. The molecule has 2 amide bonds. The van der Waals surface area contributed by atoms with Crippen LogP contribution in [0.4, 0.5) is 0 Å². The third-order valence-corrected chi connectivity index (χ3v) is 4.54. The number of amides is 2. The Bertz CT molecular complexity index is 346. The summed E-state index contributed by atoms with van der Waals surface area (Å²) < 4.78 is 0. The van der Waals surface area contributed by atoms with E-state index in [2.05, 4.69) is 0 Å². The highest BCUT2D eigenvalue weighted by Crippen LogP contribution is 2.29. The Labute approximate surface area is 114 Å². The van der Waals surface area contributed by atoms with Crippen LogP contribution in [0.1, 0.15) is 51.4 Å². The van der Waals surface area contributed by atoms with Crippen LogP contribution in [0, 0.1) is 5.92 Å². The van der Waals surface area contributed by atoms with Crippen molar-refractivity contribution in [1.29, 1.82) is 0 Å². The zero-order valence-corrected chi connectivity index (χ0v) is 11.5. The van der Waals surface area contributed by atoms with Gasteiger partial charge in [0.05, 0.1) is 0 Å². The highest BCUT2D eigenvalue weighted by atomic mass is 16.2. The lowest BCUT2D eigenvalue weighted by molar-refractivity contribution is -0.136. The molecule has 1 heterocycles. The molecule has 1 saturated heterocycles. The van der Waals surface area contributed by atoms with Crippen LogP contribution in [0.25, 0.3) is 0 Å². The van der Waals surface area contributed by atoms with E-state index >= 15 is 0 Å². The maximum absolute atomic E-state index is 12.4. The van der Waals surface area contributed by atoms with Gasteiger partial charge in [-0.1, -0.05) is 6.42 Å². The first kappa shape index (κ1) is 14.3. The van der Waals surface area contributed by atoms with Crippen molar-refractivity contribution >= 4 is 11.8 Å². The summed E-state index contributed by atoms with van der Waals surface area (Å²) in [5.41, 5.74) is 11.3. The zero-order valence-electron chi connectivity index (χ0n) is 11.5. The lowest BCUT2D eigenvalue weighted by atomic mass is 9.95. The molecule has 1 aliphatic carbocycles. The fraction of sp³-hybridized carbons (Fsp3) is 0.857. The van der Waals surface area contributed by atoms with Gasteiger partial charge in [0.1, 0.15) is 0 Å². The quantitative estimate of drug-likeness (QED) is 0.788. The Balaban J connectivity index is 1.93. The van der Waals surface area contributed by atoms with Gasteiger partial charge in [-0.25, -0.2) is 0 Å². The summed E-state index contributed by atoms with van der Waals surface area (Å²) in [5, 5.41) is 0. The average molecular weight is 267 g/mol. The summed E-state index contributed by atoms with van der Waals surface area (Å²) in [6, 6.07) is 0.180. The SMILES string of the molecule is NC(=O)CC1CCCCN1C(=O)C[C@@H]1CCC[C@H]1N. The summed E-state index contributed by atoms with van der Waals surface area (Å²) in [7, 11) is 0. The lowest BCUT2D eigenvalue weighted by Gasteiger charge is -2.36. The number of nitrogens with two attached hydrogens (primary N) is 2. The van der Waals surface area contributed by atoms with Crippen LogP contribution in [0.2, 0.25) is 0 Å². The molecule has 2 aliphatic rings. The van der Waals surface area contributed by atoms with Gasteiger partial charge >= 0.3 is 0 Å². The van der Waals surface area contributed by atoms with Crippen LogP contribution in [0.15, 0.2) is 0 Å². The molecule has 1 unspecified atom stereocenters. The van der Waals surface area contributed by atoms with Crippen molar-refractivity contribution < 1.29 is 9.59 Å². The number of carbonyl (C=O) groups is 2. The predicted molar refractivity (Wildman–Crippen MR) is 73.1 cm³/mol. The number of primary amides is 1. The largest absolute Gasteiger partial charge is 0.370 e. The number of likely N-dealkylation sites (tertiary alicyclic amines) is 1. The Morgan fingerprint density at radius 3 is 2.47 bits per heavy atom. The van der Waals surface area contributed by atoms with E-state index in [1.165, 1.54) is 0 Å².